The highest BCUT2D eigenvalue weighted by Crippen LogP contribution is 2.29. The van der Waals surface area contributed by atoms with Crippen LogP contribution in [0.4, 0.5) is 10.1 Å². The van der Waals surface area contributed by atoms with E-state index in [0.717, 1.165) is 23.2 Å². The van der Waals surface area contributed by atoms with E-state index in [0.29, 0.717) is 24.9 Å². The Labute approximate surface area is 134 Å². The van der Waals surface area contributed by atoms with E-state index in [4.69, 9.17) is 0 Å². The summed E-state index contributed by atoms with van der Waals surface area (Å²) in [5.41, 5.74) is 3.59. The maximum atomic E-state index is 12.9. The minimum Gasteiger partial charge on any atom is -0.312 e. The predicted molar refractivity (Wildman–Crippen MR) is 87.2 cm³/mol. The van der Waals surface area contributed by atoms with E-state index >= 15 is 0 Å². The van der Waals surface area contributed by atoms with Crippen molar-refractivity contribution in [1.82, 2.24) is 0 Å². The molecule has 0 unspecified atom stereocenters. The highest BCUT2D eigenvalue weighted by atomic mass is 19.1. The molecular formula is C19H18FNO2. The molecule has 1 amide bonds. The molecule has 0 saturated carbocycles. The third kappa shape index (κ3) is 3.31. The van der Waals surface area contributed by atoms with Gasteiger partial charge in [0.1, 0.15) is 5.82 Å². The number of carbonyl (C=O) groups is 2. The molecule has 2 aromatic carbocycles. The van der Waals surface area contributed by atoms with Crippen LogP contribution in [0.25, 0.3) is 0 Å². The molecule has 23 heavy (non-hydrogen) atoms. The van der Waals surface area contributed by atoms with Crippen LogP contribution in [0.3, 0.4) is 0 Å². The topological polar surface area (TPSA) is 37.4 Å². The molecule has 1 aliphatic rings. The van der Waals surface area contributed by atoms with Gasteiger partial charge >= 0.3 is 0 Å². The number of rotatable bonds is 4. The van der Waals surface area contributed by atoms with Crippen molar-refractivity contribution in [3.8, 4) is 0 Å². The Morgan fingerprint density at radius 2 is 1.87 bits per heavy atom. The Bertz CT molecular complexity index is 752. The number of hydrogen-bond donors (Lipinski definition) is 0. The number of nitrogens with zero attached hydrogens (tertiary/aromatic N) is 1. The van der Waals surface area contributed by atoms with Crippen molar-refractivity contribution in [3.63, 3.8) is 0 Å². The number of halogens is 1. The number of anilines is 1. The van der Waals surface area contributed by atoms with Crippen LogP contribution in [0, 0.1) is 5.82 Å². The average Bonchev–Trinajstić information content (AvgIpc) is 2.97. The van der Waals surface area contributed by atoms with Crippen LogP contribution in [-0.2, 0) is 17.6 Å². The normalized spacial score (nSPS) is 13.0. The van der Waals surface area contributed by atoms with Gasteiger partial charge in [-0.15, -0.1) is 0 Å². The summed E-state index contributed by atoms with van der Waals surface area (Å²) < 4.78 is 12.9. The molecule has 1 aliphatic heterocycles. The minimum absolute atomic E-state index is 0.0360. The second kappa shape index (κ2) is 6.32. The van der Waals surface area contributed by atoms with Crippen molar-refractivity contribution in [1.29, 1.82) is 0 Å². The quantitative estimate of drug-likeness (QED) is 0.810. The number of carbonyl (C=O) groups excluding carboxylic acids is 2. The molecule has 118 valence electrons. The monoisotopic (exact) mass is 311 g/mol. The van der Waals surface area contributed by atoms with Crippen LogP contribution in [-0.4, -0.2) is 18.2 Å². The zero-order valence-corrected chi connectivity index (χ0v) is 13.0. The first-order valence-electron chi connectivity index (χ1n) is 7.73. The van der Waals surface area contributed by atoms with Gasteiger partial charge in [0, 0.05) is 24.2 Å². The summed E-state index contributed by atoms with van der Waals surface area (Å²) in [5.74, 6) is -0.174. The van der Waals surface area contributed by atoms with Crippen molar-refractivity contribution >= 4 is 17.4 Å². The van der Waals surface area contributed by atoms with Gasteiger partial charge in [-0.1, -0.05) is 12.1 Å². The minimum atomic E-state index is -0.269. The molecule has 1 heterocycles. The van der Waals surface area contributed by atoms with Crippen molar-refractivity contribution in [2.45, 2.75) is 26.2 Å². The smallest absolute Gasteiger partial charge is 0.227 e. The molecule has 0 fully saturated rings. The van der Waals surface area contributed by atoms with Gasteiger partial charge in [0.15, 0.2) is 5.78 Å². The number of amides is 1. The number of Topliss-reactive ketones (excluding diaryl/α,β-unsaturated/α-hetero) is 1. The van der Waals surface area contributed by atoms with E-state index in [1.807, 2.05) is 12.1 Å². The predicted octanol–water partition coefficient (Wildman–Crippen LogP) is 3.55. The van der Waals surface area contributed by atoms with E-state index in [9.17, 15) is 14.0 Å². The summed E-state index contributed by atoms with van der Waals surface area (Å²) >= 11 is 0. The summed E-state index contributed by atoms with van der Waals surface area (Å²) in [6.45, 7) is 2.20. The lowest BCUT2D eigenvalue weighted by molar-refractivity contribution is -0.118. The van der Waals surface area contributed by atoms with Crippen LogP contribution >= 0.6 is 0 Å². The number of ketones is 1. The molecule has 0 aromatic heterocycles. The van der Waals surface area contributed by atoms with Crippen LogP contribution < -0.4 is 4.90 Å². The molecule has 0 bridgehead atoms. The van der Waals surface area contributed by atoms with Crippen molar-refractivity contribution in [3.05, 3.63) is 65.0 Å². The number of aryl methyl sites for hydroxylation is 1. The Balaban J connectivity index is 1.68. The molecule has 0 radical (unpaired) electrons. The van der Waals surface area contributed by atoms with E-state index < -0.39 is 0 Å². The fourth-order valence-electron chi connectivity index (χ4n) is 2.92. The molecule has 3 nitrogen and oxygen atoms in total. The van der Waals surface area contributed by atoms with Crippen LogP contribution in [0.2, 0.25) is 0 Å². The van der Waals surface area contributed by atoms with Crippen molar-refractivity contribution < 1.29 is 14.0 Å². The maximum Gasteiger partial charge on any atom is 0.227 e. The van der Waals surface area contributed by atoms with E-state index in [1.165, 1.54) is 12.1 Å². The molecule has 3 rings (SSSR count). The fourth-order valence-corrected chi connectivity index (χ4v) is 2.92. The van der Waals surface area contributed by atoms with Gasteiger partial charge in [0.25, 0.3) is 0 Å². The first-order valence-corrected chi connectivity index (χ1v) is 7.73. The lowest BCUT2D eigenvalue weighted by atomic mass is 10.1. The summed E-state index contributed by atoms with van der Waals surface area (Å²) in [7, 11) is 0. The molecule has 0 saturated heterocycles. The highest BCUT2D eigenvalue weighted by molar-refractivity contribution is 5.98. The van der Waals surface area contributed by atoms with Gasteiger partial charge in [-0.3, -0.25) is 9.59 Å². The number of fused-ring (bicyclic) bond motifs is 1. The van der Waals surface area contributed by atoms with Crippen molar-refractivity contribution in [2.75, 3.05) is 11.4 Å². The Kier molecular flexibility index (Phi) is 4.24. The Hall–Kier alpha value is -2.49. The fraction of sp³-hybridized carbons (Fsp3) is 0.263. The zero-order valence-electron chi connectivity index (χ0n) is 13.0. The first-order chi connectivity index (χ1) is 11.0. The Morgan fingerprint density at radius 1 is 1.13 bits per heavy atom. The van der Waals surface area contributed by atoms with Gasteiger partial charge in [0.05, 0.1) is 0 Å². The highest BCUT2D eigenvalue weighted by Gasteiger charge is 2.24. The largest absolute Gasteiger partial charge is 0.312 e. The third-order valence-corrected chi connectivity index (χ3v) is 4.22. The van der Waals surface area contributed by atoms with Gasteiger partial charge < -0.3 is 4.90 Å². The summed E-state index contributed by atoms with van der Waals surface area (Å²) in [4.78, 5) is 25.7. The lowest BCUT2D eigenvalue weighted by Crippen LogP contribution is -2.29. The maximum absolute atomic E-state index is 12.9. The third-order valence-electron chi connectivity index (χ3n) is 4.22. The molecule has 0 aliphatic carbocycles. The number of benzene rings is 2. The zero-order chi connectivity index (χ0) is 16.4. The van der Waals surface area contributed by atoms with Gasteiger partial charge in [-0.25, -0.2) is 4.39 Å². The lowest BCUT2D eigenvalue weighted by Gasteiger charge is -2.17. The van der Waals surface area contributed by atoms with E-state index in [2.05, 4.69) is 0 Å². The molecule has 0 spiro atoms. The second-order valence-electron chi connectivity index (χ2n) is 5.82. The Morgan fingerprint density at radius 3 is 2.57 bits per heavy atom. The van der Waals surface area contributed by atoms with E-state index in [-0.39, 0.29) is 17.5 Å². The SMILES string of the molecule is CC(=O)c1ccc2c(c1)CCN2C(=O)CCc1ccc(F)cc1. The first kappa shape index (κ1) is 15.4. The molecule has 2 aromatic rings. The van der Waals surface area contributed by atoms with Gasteiger partial charge in [-0.2, -0.15) is 0 Å². The molecule has 0 N–H and O–H groups in total. The summed E-state index contributed by atoms with van der Waals surface area (Å²) in [5, 5.41) is 0. The van der Waals surface area contributed by atoms with Gasteiger partial charge in [-0.05, 0) is 61.2 Å². The standard InChI is InChI=1S/C19H18FNO2/c1-13(22)15-5-8-18-16(12-15)10-11-21(18)19(23)9-4-14-2-6-17(20)7-3-14/h2-3,5-8,12H,4,9-11H2,1H3. The second-order valence-corrected chi connectivity index (χ2v) is 5.82. The summed E-state index contributed by atoms with van der Waals surface area (Å²) in [6.07, 6.45) is 1.76. The molecule has 0 atom stereocenters. The van der Waals surface area contributed by atoms with Crippen LogP contribution in [0.1, 0.15) is 34.8 Å². The van der Waals surface area contributed by atoms with Crippen LogP contribution in [0.15, 0.2) is 42.5 Å². The average molecular weight is 311 g/mol. The molecular weight excluding hydrogens is 293 g/mol. The number of hydrogen-bond acceptors (Lipinski definition) is 2. The van der Waals surface area contributed by atoms with E-state index in [1.54, 1.807) is 30.0 Å². The van der Waals surface area contributed by atoms with Gasteiger partial charge in [0.2, 0.25) is 5.91 Å². The van der Waals surface area contributed by atoms with Crippen molar-refractivity contribution in [2.24, 2.45) is 0 Å². The molecule has 4 heteroatoms. The summed E-state index contributed by atoms with van der Waals surface area (Å²) in [6, 6.07) is 11.7. The van der Waals surface area contributed by atoms with Crippen LogP contribution in [0.5, 0.6) is 0 Å².